The maximum Gasteiger partial charge on any atom is 0.241 e. The molecule has 0 amide bonds. The lowest BCUT2D eigenvalue weighted by Crippen LogP contribution is -2.39. The zero-order valence-electron chi connectivity index (χ0n) is 12.5. The molecular formula is C14H21N7. The van der Waals surface area contributed by atoms with Crippen molar-refractivity contribution in [2.75, 3.05) is 11.1 Å². The first-order chi connectivity index (χ1) is 10.0. The highest BCUT2D eigenvalue weighted by Gasteiger charge is 2.32. The van der Waals surface area contributed by atoms with Gasteiger partial charge in [0.2, 0.25) is 17.8 Å². The van der Waals surface area contributed by atoms with Crippen LogP contribution in [0.5, 0.6) is 0 Å². The van der Waals surface area contributed by atoms with Crippen LogP contribution in [0, 0.1) is 5.41 Å². The third kappa shape index (κ3) is 2.96. The van der Waals surface area contributed by atoms with Crippen molar-refractivity contribution in [3.63, 3.8) is 0 Å². The number of nitrogens with zero attached hydrogens (tertiary/aromatic N) is 5. The summed E-state index contributed by atoms with van der Waals surface area (Å²) in [7, 11) is 0. The number of imidazole rings is 1. The molecule has 0 saturated heterocycles. The maximum absolute atomic E-state index is 5.80. The smallest absolute Gasteiger partial charge is 0.241 e. The van der Waals surface area contributed by atoms with Gasteiger partial charge in [0.15, 0.2) is 0 Å². The Morgan fingerprint density at radius 1 is 1.29 bits per heavy atom. The number of nitrogens with two attached hydrogens (primary N) is 1. The molecule has 3 N–H and O–H groups in total. The first-order valence-electron chi connectivity index (χ1n) is 7.31. The van der Waals surface area contributed by atoms with Crippen LogP contribution in [0.15, 0.2) is 18.7 Å². The van der Waals surface area contributed by atoms with Crippen LogP contribution < -0.4 is 11.1 Å². The van der Waals surface area contributed by atoms with Gasteiger partial charge >= 0.3 is 0 Å². The van der Waals surface area contributed by atoms with Gasteiger partial charge in [-0.15, -0.1) is 0 Å². The first-order valence-corrected chi connectivity index (χ1v) is 7.31. The lowest BCUT2D eigenvalue weighted by atomic mass is 9.73. The molecule has 0 bridgehead atoms. The highest BCUT2D eigenvalue weighted by atomic mass is 15.3. The lowest BCUT2D eigenvalue weighted by molar-refractivity contribution is 0.216. The molecule has 21 heavy (non-hydrogen) atoms. The molecule has 1 unspecified atom stereocenters. The minimum Gasteiger partial charge on any atom is -0.368 e. The Hall–Kier alpha value is -2.18. The van der Waals surface area contributed by atoms with Crippen molar-refractivity contribution in [1.82, 2.24) is 24.5 Å². The predicted octanol–water partition coefficient (Wildman–Crippen LogP) is 2.02. The second-order valence-corrected chi connectivity index (χ2v) is 6.22. The van der Waals surface area contributed by atoms with Gasteiger partial charge in [0.05, 0.1) is 0 Å². The molecule has 1 saturated carbocycles. The molecule has 2 aromatic heterocycles. The summed E-state index contributed by atoms with van der Waals surface area (Å²) in [6.45, 7) is 4.57. The van der Waals surface area contributed by atoms with Gasteiger partial charge in [-0.25, -0.2) is 4.98 Å². The molecule has 2 heterocycles. The predicted molar refractivity (Wildman–Crippen MR) is 81.0 cm³/mol. The summed E-state index contributed by atoms with van der Waals surface area (Å²) in [6.07, 6.45) is 9.95. The largest absolute Gasteiger partial charge is 0.368 e. The molecule has 1 aliphatic rings. The quantitative estimate of drug-likeness (QED) is 0.896. The Morgan fingerprint density at radius 3 is 2.86 bits per heavy atom. The van der Waals surface area contributed by atoms with Gasteiger partial charge in [0.1, 0.15) is 6.33 Å². The van der Waals surface area contributed by atoms with Crippen LogP contribution in [-0.2, 0) is 0 Å². The SMILES string of the molecule is CC1(C)CCCCC1Nc1nc(N)nc(-n2ccnc2)n1. The normalized spacial score (nSPS) is 21.1. The molecule has 7 heteroatoms. The zero-order valence-corrected chi connectivity index (χ0v) is 12.5. The fourth-order valence-corrected chi connectivity index (χ4v) is 2.86. The van der Waals surface area contributed by atoms with Crippen molar-refractivity contribution < 1.29 is 0 Å². The van der Waals surface area contributed by atoms with E-state index in [0.29, 0.717) is 17.9 Å². The monoisotopic (exact) mass is 287 g/mol. The summed E-state index contributed by atoms with van der Waals surface area (Å²) in [5.74, 6) is 1.23. The van der Waals surface area contributed by atoms with E-state index in [9.17, 15) is 0 Å². The number of aromatic nitrogens is 5. The molecule has 0 spiro atoms. The van der Waals surface area contributed by atoms with Crippen LogP contribution in [0.1, 0.15) is 39.5 Å². The van der Waals surface area contributed by atoms with E-state index in [2.05, 4.69) is 39.1 Å². The molecule has 2 aromatic rings. The van der Waals surface area contributed by atoms with Crippen molar-refractivity contribution in [3.8, 4) is 5.95 Å². The van der Waals surface area contributed by atoms with Crippen LogP contribution >= 0.6 is 0 Å². The van der Waals surface area contributed by atoms with Gasteiger partial charge in [-0.2, -0.15) is 15.0 Å². The third-order valence-corrected chi connectivity index (χ3v) is 4.19. The Kier molecular flexibility index (Phi) is 3.48. The molecular weight excluding hydrogens is 266 g/mol. The zero-order chi connectivity index (χ0) is 14.9. The van der Waals surface area contributed by atoms with E-state index in [0.717, 1.165) is 6.42 Å². The van der Waals surface area contributed by atoms with Crippen molar-refractivity contribution in [2.24, 2.45) is 5.41 Å². The van der Waals surface area contributed by atoms with Gasteiger partial charge < -0.3 is 11.1 Å². The van der Waals surface area contributed by atoms with Crippen LogP contribution in [0.4, 0.5) is 11.9 Å². The van der Waals surface area contributed by atoms with E-state index in [-0.39, 0.29) is 11.4 Å². The van der Waals surface area contributed by atoms with Gasteiger partial charge in [0.25, 0.3) is 0 Å². The topological polar surface area (TPSA) is 94.5 Å². The Labute approximate surface area is 124 Å². The molecule has 0 radical (unpaired) electrons. The van der Waals surface area contributed by atoms with E-state index < -0.39 is 0 Å². The summed E-state index contributed by atoms with van der Waals surface area (Å²) in [5, 5.41) is 3.44. The summed E-state index contributed by atoms with van der Waals surface area (Å²) in [4.78, 5) is 16.8. The molecule has 0 aliphatic heterocycles. The fourth-order valence-electron chi connectivity index (χ4n) is 2.86. The van der Waals surface area contributed by atoms with E-state index in [1.807, 2.05) is 0 Å². The molecule has 1 fully saturated rings. The number of rotatable bonds is 3. The number of nitrogens with one attached hydrogen (secondary N) is 1. The fraction of sp³-hybridized carbons (Fsp3) is 0.571. The summed E-state index contributed by atoms with van der Waals surface area (Å²) < 4.78 is 1.72. The molecule has 1 aliphatic carbocycles. The van der Waals surface area contributed by atoms with Crippen LogP contribution in [0.25, 0.3) is 5.95 Å². The average molecular weight is 287 g/mol. The van der Waals surface area contributed by atoms with E-state index in [4.69, 9.17) is 5.73 Å². The second-order valence-electron chi connectivity index (χ2n) is 6.22. The number of hydrogen-bond donors (Lipinski definition) is 2. The molecule has 112 valence electrons. The molecule has 0 aromatic carbocycles. The Bertz CT molecular complexity index is 606. The minimum atomic E-state index is 0.213. The van der Waals surface area contributed by atoms with Crippen LogP contribution in [0.2, 0.25) is 0 Å². The van der Waals surface area contributed by atoms with Gasteiger partial charge in [-0.1, -0.05) is 26.7 Å². The number of hydrogen-bond acceptors (Lipinski definition) is 6. The van der Waals surface area contributed by atoms with Gasteiger partial charge in [0, 0.05) is 18.4 Å². The van der Waals surface area contributed by atoms with Crippen molar-refractivity contribution >= 4 is 11.9 Å². The molecule has 1 atom stereocenters. The van der Waals surface area contributed by atoms with E-state index in [1.54, 1.807) is 23.3 Å². The number of nitrogen functional groups attached to an aromatic ring is 1. The van der Waals surface area contributed by atoms with Crippen LogP contribution in [-0.4, -0.2) is 30.5 Å². The van der Waals surface area contributed by atoms with Crippen molar-refractivity contribution in [2.45, 2.75) is 45.6 Å². The minimum absolute atomic E-state index is 0.213. The third-order valence-electron chi connectivity index (χ3n) is 4.19. The average Bonchev–Trinajstić information content (AvgIpc) is 2.94. The lowest BCUT2D eigenvalue weighted by Gasteiger charge is -2.39. The van der Waals surface area contributed by atoms with Gasteiger partial charge in [-0.3, -0.25) is 4.57 Å². The van der Waals surface area contributed by atoms with Crippen molar-refractivity contribution in [3.05, 3.63) is 18.7 Å². The Morgan fingerprint density at radius 2 is 2.14 bits per heavy atom. The second kappa shape index (κ2) is 5.31. The standard InChI is InChI=1S/C14H21N7/c1-14(2)6-4-3-5-10(14)17-12-18-11(15)19-13(20-12)21-8-7-16-9-21/h7-10H,3-6H2,1-2H3,(H3,15,17,18,19,20). The first kappa shape index (κ1) is 13.8. The highest BCUT2D eigenvalue weighted by molar-refractivity contribution is 5.36. The maximum atomic E-state index is 5.80. The summed E-state index contributed by atoms with van der Waals surface area (Å²) >= 11 is 0. The Balaban J connectivity index is 1.85. The highest BCUT2D eigenvalue weighted by Crippen LogP contribution is 2.36. The van der Waals surface area contributed by atoms with E-state index in [1.165, 1.54) is 19.3 Å². The van der Waals surface area contributed by atoms with Crippen molar-refractivity contribution in [1.29, 1.82) is 0 Å². The molecule has 3 rings (SSSR count). The van der Waals surface area contributed by atoms with Crippen LogP contribution in [0.3, 0.4) is 0 Å². The molecule has 7 nitrogen and oxygen atoms in total. The summed E-state index contributed by atoms with van der Waals surface area (Å²) in [5.41, 5.74) is 6.03. The summed E-state index contributed by atoms with van der Waals surface area (Å²) in [6, 6.07) is 0.351. The van der Waals surface area contributed by atoms with Gasteiger partial charge in [-0.05, 0) is 18.3 Å². The number of anilines is 2. The van der Waals surface area contributed by atoms with E-state index >= 15 is 0 Å².